The lowest BCUT2D eigenvalue weighted by Gasteiger charge is -2.35. The maximum Gasteiger partial charge on any atom is 0.264 e. The third kappa shape index (κ3) is 3.60. The Hall–Kier alpha value is -2.48. The van der Waals surface area contributed by atoms with E-state index in [-0.39, 0.29) is 16.6 Å². The van der Waals surface area contributed by atoms with Gasteiger partial charge in [0.15, 0.2) is 11.9 Å². The van der Waals surface area contributed by atoms with Gasteiger partial charge >= 0.3 is 0 Å². The average Bonchev–Trinajstić information content (AvgIpc) is 3.37. The van der Waals surface area contributed by atoms with Gasteiger partial charge in [-0.3, -0.25) is 14.7 Å². The number of carbonyl (C=O) groups is 2. The van der Waals surface area contributed by atoms with Gasteiger partial charge in [0, 0.05) is 5.56 Å². The number of fused-ring (bicyclic) bond motifs is 1. The molecule has 1 aromatic heterocycles. The van der Waals surface area contributed by atoms with Crippen molar-refractivity contribution in [1.29, 1.82) is 0 Å². The van der Waals surface area contributed by atoms with Crippen molar-refractivity contribution in [1.82, 2.24) is 15.1 Å². The van der Waals surface area contributed by atoms with Crippen LogP contribution in [0.5, 0.6) is 5.75 Å². The maximum absolute atomic E-state index is 13.2. The van der Waals surface area contributed by atoms with E-state index in [1.807, 2.05) is 44.2 Å². The average molecular weight is 445 g/mol. The lowest BCUT2D eigenvalue weighted by atomic mass is 10.0. The highest BCUT2D eigenvalue weighted by molar-refractivity contribution is 8.34. The number of aromatic nitrogens is 2. The summed E-state index contributed by atoms with van der Waals surface area (Å²) < 4.78 is 5.60. The predicted molar refractivity (Wildman–Crippen MR) is 125 cm³/mol. The Morgan fingerprint density at radius 3 is 2.42 bits per heavy atom. The molecule has 2 aliphatic rings. The third-order valence-corrected chi connectivity index (χ3v) is 9.60. The predicted octanol–water partition coefficient (Wildman–Crippen LogP) is 3.62. The van der Waals surface area contributed by atoms with Gasteiger partial charge in [-0.05, 0) is 64.5 Å². The van der Waals surface area contributed by atoms with Gasteiger partial charge in [0.2, 0.25) is 5.91 Å². The van der Waals surface area contributed by atoms with Crippen LogP contribution in [-0.2, 0) is 21.7 Å². The van der Waals surface area contributed by atoms with Crippen molar-refractivity contribution in [3.05, 3.63) is 41.6 Å². The van der Waals surface area contributed by atoms with Crippen LogP contribution in [0.25, 0.3) is 0 Å². The fraction of sp³-hybridized carbons (Fsp3) is 0.522. The smallest absolute Gasteiger partial charge is 0.264 e. The van der Waals surface area contributed by atoms with Crippen LogP contribution in [0.3, 0.4) is 0 Å². The minimum Gasteiger partial charge on any atom is -0.481 e. The Balaban J connectivity index is 1.51. The van der Waals surface area contributed by atoms with Crippen LogP contribution in [0.15, 0.2) is 30.3 Å². The van der Waals surface area contributed by atoms with Gasteiger partial charge < -0.3 is 15.0 Å². The molecule has 0 unspecified atom stereocenters. The summed E-state index contributed by atoms with van der Waals surface area (Å²) in [6.45, 7) is 6.11. The largest absolute Gasteiger partial charge is 0.481 e. The van der Waals surface area contributed by atoms with E-state index in [1.165, 1.54) is 0 Å². The zero-order chi connectivity index (χ0) is 22.6. The van der Waals surface area contributed by atoms with Crippen molar-refractivity contribution in [2.24, 2.45) is 0 Å². The van der Waals surface area contributed by atoms with Gasteiger partial charge in [-0.25, -0.2) is 10.0 Å². The molecule has 1 aliphatic heterocycles. The van der Waals surface area contributed by atoms with Gasteiger partial charge in [0.05, 0.1) is 22.5 Å². The molecule has 2 N–H and O–H groups in total. The number of hydrogen-bond donors (Lipinski definition) is 2. The molecule has 168 valence electrons. The van der Waals surface area contributed by atoms with Gasteiger partial charge in [0.1, 0.15) is 5.75 Å². The first-order valence-electron chi connectivity index (χ1n) is 10.6. The van der Waals surface area contributed by atoms with Crippen LogP contribution in [0, 0.1) is 0 Å². The maximum atomic E-state index is 13.2. The summed E-state index contributed by atoms with van der Waals surface area (Å²) in [7, 11) is -1.03. The highest BCUT2D eigenvalue weighted by Crippen LogP contribution is 2.64. The Labute approximate surface area is 185 Å². The van der Waals surface area contributed by atoms with Gasteiger partial charge in [0.25, 0.3) is 5.91 Å². The van der Waals surface area contributed by atoms with Crippen LogP contribution in [0.4, 0.5) is 5.82 Å². The SMILES string of the molecule is C[C@@H](Oc1ccccc1)C(=O)N1Cc2c(NC(=O)C3(S(C)(C)C)CC3)n[nH]c2C1(C)C. The quantitative estimate of drug-likeness (QED) is 0.712. The first kappa shape index (κ1) is 21.7. The molecule has 2 aromatic rings. The van der Waals surface area contributed by atoms with Crippen LogP contribution in [0.2, 0.25) is 0 Å². The summed E-state index contributed by atoms with van der Waals surface area (Å²) in [4.78, 5) is 28.1. The number of H-pyrrole nitrogens is 1. The molecule has 1 aromatic carbocycles. The molecule has 7 nitrogen and oxygen atoms in total. The molecule has 2 amide bonds. The third-order valence-electron chi connectivity index (χ3n) is 6.66. The second kappa shape index (κ2) is 7.29. The second-order valence-corrected chi connectivity index (χ2v) is 14.2. The minimum atomic E-state index is -1.03. The number of nitrogens with one attached hydrogen (secondary N) is 2. The first-order chi connectivity index (χ1) is 14.5. The fourth-order valence-corrected chi connectivity index (χ4v) is 6.33. The molecule has 0 saturated heterocycles. The molecule has 1 aliphatic carbocycles. The van der Waals surface area contributed by atoms with E-state index in [2.05, 4.69) is 34.3 Å². The number of nitrogens with zero attached hydrogens (tertiary/aromatic N) is 2. The monoisotopic (exact) mass is 444 g/mol. The zero-order valence-corrected chi connectivity index (χ0v) is 19.9. The summed E-state index contributed by atoms with van der Waals surface area (Å²) in [6, 6.07) is 9.34. The normalized spacial score (nSPS) is 20.0. The Bertz CT molecular complexity index is 1010. The zero-order valence-electron chi connectivity index (χ0n) is 19.1. The van der Waals surface area contributed by atoms with Gasteiger partial charge in [-0.1, -0.05) is 18.2 Å². The number of para-hydroxylation sites is 1. The number of benzene rings is 1. The molecule has 1 atom stereocenters. The van der Waals surface area contributed by atoms with Crippen molar-refractivity contribution in [2.45, 2.75) is 56.5 Å². The number of aromatic amines is 1. The van der Waals surface area contributed by atoms with Crippen molar-refractivity contribution >= 4 is 27.7 Å². The van der Waals surface area contributed by atoms with Crippen molar-refractivity contribution in [3.63, 3.8) is 0 Å². The molecule has 0 spiro atoms. The van der Waals surface area contributed by atoms with Crippen LogP contribution in [-0.4, -0.2) is 56.5 Å². The molecular weight excluding hydrogens is 412 g/mol. The standard InChI is InChI=1S/C23H32N4O3S/c1-15(30-16-10-8-7-9-11-16)20(28)27-14-17-18(22(27,2)3)25-26-19(17)24-21(29)23(12-13-23)31(4,5)6/h7-11,15H,12-14H2,1-6H3,(H2,24,25,26,29)/t15-/m1/s1. The molecular formula is C23H32N4O3S. The fourth-order valence-electron chi connectivity index (χ4n) is 4.40. The number of ether oxygens (including phenoxy) is 1. The van der Waals surface area contributed by atoms with Gasteiger partial charge in [-0.2, -0.15) is 5.10 Å². The van der Waals surface area contributed by atoms with Crippen LogP contribution in [0.1, 0.15) is 44.9 Å². The molecule has 1 fully saturated rings. The number of rotatable bonds is 6. The number of hydrogen-bond acceptors (Lipinski definition) is 4. The lowest BCUT2D eigenvalue weighted by molar-refractivity contribution is -0.143. The highest BCUT2D eigenvalue weighted by Gasteiger charge is 2.56. The second-order valence-electron chi connectivity index (χ2n) is 9.77. The summed E-state index contributed by atoms with van der Waals surface area (Å²) in [6.07, 6.45) is 7.78. The van der Waals surface area contributed by atoms with Crippen LogP contribution >= 0.6 is 10.0 Å². The van der Waals surface area contributed by atoms with E-state index in [0.717, 1.165) is 24.1 Å². The van der Waals surface area contributed by atoms with E-state index in [0.29, 0.717) is 18.1 Å². The van der Waals surface area contributed by atoms with E-state index in [9.17, 15) is 9.59 Å². The van der Waals surface area contributed by atoms with Crippen molar-refractivity contribution < 1.29 is 14.3 Å². The Morgan fingerprint density at radius 1 is 1.19 bits per heavy atom. The molecule has 4 rings (SSSR count). The first-order valence-corrected chi connectivity index (χ1v) is 13.4. The highest BCUT2D eigenvalue weighted by atomic mass is 32.3. The Kier molecular flexibility index (Phi) is 5.11. The molecule has 8 heteroatoms. The summed E-state index contributed by atoms with van der Waals surface area (Å²) >= 11 is 0. The van der Waals surface area contributed by atoms with E-state index in [4.69, 9.17) is 4.74 Å². The van der Waals surface area contributed by atoms with E-state index >= 15 is 0 Å². The lowest BCUT2D eigenvalue weighted by Crippen LogP contribution is -2.46. The molecule has 1 saturated carbocycles. The number of anilines is 1. The minimum absolute atomic E-state index is 0.0488. The number of carbonyl (C=O) groups excluding carboxylic acids is 2. The van der Waals surface area contributed by atoms with Gasteiger partial charge in [-0.15, -0.1) is 0 Å². The summed E-state index contributed by atoms with van der Waals surface area (Å²) in [5.74, 6) is 1.14. The van der Waals surface area contributed by atoms with Crippen molar-refractivity contribution in [3.8, 4) is 5.75 Å². The topological polar surface area (TPSA) is 87.3 Å². The molecule has 2 heterocycles. The van der Waals surface area contributed by atoms with Crippen molar-refractivity contribution in [2.75, 3.05) is 24.1 Å². The molecule has 31 heavy (non-hydrogen) atoms. The molecule has 0 radical (unpaired) electrons. The summed E-state index contributed by atoms with van der Waals surface area (Å²) in [5, 5.41) is 10.5. The van der Waals surface area contributed by atoms with Crippen LogP contribution < -0.4 is 10.1 Å². The number of amides is 2. The summed E-state index contributed by atoms with van der Waals surface area (Å²) in [5.41, 5.74) is 1.15. The Morgan fingerprint density at radius 2 is 1.84 bits per heavy atom. The van der Waals surface area contributed by atoms with E-state index < -0.39 is 21.7 Å². The molecule has 0 bridgehead atoms. The van der Waals surface area contributed by atoms with E-state index in [1.54, 1.807) is 11.8 Å².